The van der Waals surface area contributed by atoms with Crippen molar-refractivity contribution in [1.82, 2.24) is 14.5 Å². The van der Waals surface area contributed by atoms with Crippen molar-refractivity contribution in [3.63, 3.8) is 0 Å². The number of hydrogen-bond acceptors (Lipinski definition) is 7. The van der Waals surface area contributed by atoms with Gasteiger partial charge in [0.2, 0.25) is 5.91 Å². The normalized spacial score (nSPS) is 15.3. The number of carbonyl (C=O) groups is 4. The summed E-state index contributed by atoms with van der Waals surface area (Å²) in [7, 11) is 0.795. The molecular formula is C23H31N3O6S2. The lowest BCUT2D eigenvalue weighted by molar-refractivity contribution is -0.119. The Morgan fingerprint density at radius 1 is 0.853 bits per heavy atom. The van der Waals surface area contributed by atoms with Gasteiger partial charge in [-0.25, -0.2) is 12.7 Å². The summed E-state index contributed by atoms with van der Waals surface area (Å²) in [5.41, 5.74) is 1.26. The van der Waals surface area contributed by atoms with Crippen LogP contribution in [0.3, 0.4) is 0 Å². The van der Waals surface area contributed by atoms with Crippen molar-refractivity contribution in [1.29, 1.82) is 0 Å². The number of fused-ring (bicyclic) bond motifs is 2. The topological polar surface area (TPSA) is 121 Å². The quantitative estimate of drug-likeness (QED) is 0.450. The third kappa shape index (κ3) is 6.03. The van der Waals surface area contributed by atoms with Crippen LogP contribution in [0, 0.1) is 0 Å². The molecule has 0 fully saturated rings. The van der Waals surface area contributed by atoms with Gasteiger partial charge in [0.1, 0.15) is 4.90 Å². The van der Waals surface area contributed by atoms with Crippen molar-refractivity contribution in [3.05, 3.63) is 65.2 Å². The van der Waals surface area contributed by atoms with Gasteiger partial charge >= 0.3 is 0 Å². The molecule has 1 atom stereocenters. The predicted octanol–water partition coefficient (Wildman–Crippen LogP) is 2.70. The van der Waals surface area contributed by atoms with Crippen LogP contribution in [-0.4, -0.2) is 67.6 Å². The molecule has 2 heterocycles. The van der Waals surface area contributed by atoms with E-state index in [0.29, 0.717) is 11.1 Å². The van der Waals surface area contributed by atoms with Crippen molar-refractivity contribution in [3.8, 4) is 0 Å². The number of nitrogens with one attached hydrogen (secondary N) is 1. The molecule has 0 saturated carbocycles. The number of benzene rings is 2. The first-order valence-electron chi connectivity index (χ1n) is 9.38. The molecule has 1 unspecified atom stereocenters. The summed E-state index contributed by atoms with van der Waals surface area (Å²) in [5, 5.41) is 2.26. The number of imide groups is 1. The molecule has 2 aliphatic heterocycles. The van der Waals surface area contributed by atoms with Crippen LogP contribution in [0.5, 0.6) is 0 Å². The molecule has 0 radical (unpaired) electrons. The van der Waals surface area contributed by atoms with E-state index in [1.54, 1.807) is 50.4 Å². The second-order valence-electron chi connectivity index (χ2n) is 6.78. The van der Waals surface area contributed by atoms with Gasteiger partial charge in [-0.1, -0.05) is 39.1 Å². The Morgan fingerprint density at radius 3 is 1.62 bits per heavy atom. The van der Waals surface area contributed by atoms with Crippen LogP contribution in [0.25, 0.3) is 0 Å². The van der Waals surface area contributed by atoms with Gasteiger partial charge in [-0.05, 0) is 31.2 Å². The number of rotatable bonds is 1. The second-order valence-corrected chi connectivity index (χ2v) is 9.49. The van der Waals surface area contributed by atoms with Crippen LogP contribution in [0.4, 0.5) is 0 Å². The fraction of sp³-hybridized carbons (Fsp3) is 0.304. The van der Waals surface area contributed by atoms with E-state index >= 15 is 0 Å². The standard InChI is InChI=1S/C9H7NO2.C8H7NO3S.C4H9NOS.2CH4/c1-10-8(11)6-4-2-3-5-7(6)9(10)12;1-9-8(10)6-4-2-3-5-7(6)13(9,11)12;1-3(7)4(6)5-2;;/h2-5H,1H3;2-5H,1H3;3,7H,1-2H3,(H,5,6);2*1H4. The first-order valence-corrected chi connectivity index (χ1v) is 11.3. The SMILES string of the molecule is C.C.CN1C(=O)c2ccccc2C1=O.CN1C(=O)c2ccccc2S1(=O)=O.CNC(=O)C(C)S. The highest BCUT2D eigenvalue weighted by atomic mass is 32.2. The third-order valence-electron chi connectivity index (χ3n) is 4.66. The van der Waals surface area contributed by atoms with Crippen LogP contribution in [0.1, 0.15) is 52.9 Å². The Labute approximate surface area is 206 Å². The minimum absolute atomic E-state index is 0. The number of hydrogen-bond donors (Lipinski definition) is 2. The largest absolute Gasteiger partial charge is 0.358 e. The van der Waals surface area contributed by atoms with Gasteiger partial charge in [0.25, 0.3) is 27.7 Å². The summed E-state index contributed by atoms with van der Waals surface area (Å²) in [6.45, 7) is 1.72. The maximum absolute atomic E-state index is 11.5. The number of thiol groups is 1. The van der Waals surface area contributed by atoms with E-state index in [0.717, 1.165) is 9.21 Å². The Bertz CT molecular complexity index is 1140. The molecule has 2 aliphatic rings. The van der Waals surface area contributed by atoms with Crippen LogP contribution in [0.2, 0.25) is 0 Å². The van der Waals surface area contributed by atoms with E-state index in [2.05, 4.69) is 17.9 Å². The zero-order valence-electron chi connectivity index (χ0n) is 17.9. The van der Waals surface area contributed by atoms with Crippen molar-refractivity contribution in [2.24, 2.45) is 0 Å². The summed E-state index contributed by atoms with van der Waals surface area (Å²) < 4.78 is 23.8. The van der Waals surface area contributed by atoms with Gasteiger partial charge in [0.15, 0.2) is 0 Å². The number of nitrogens with zero attached hydrogens (tertiary/aromatic N) is 2. The first kappa shape index (κ1) is 30.8. The van der Waals surface area contributed by atoms with Gasteiger partial charge < -0.3 is 5.32 Å². The molecule has 0 aromatic heterocycles. The number of amides is 4. The van der Waals surface area contributed by atoms with Crippen molar-refractivity contribution in [2.45, 2.75) is 31.9 Å². The molecule has 0 saturated heterocycles. The van der Waals surface area contributed by atoms with Crippen molar-refractivity contribution >= 4 is 46.3 Å². The average Bonchev–Trinajstić information content (AvgIpc) is 3.12. The molecule has 0 aliphatic carbocycles. The fourth-order valence-electron chi connectivity index (χ4n) is 2.81. The lowest BCUT2D eigenvalue weighted by Crippen LogP contribution is -2.25. The molecule has 4 rings (SSSR count). The van der Waals surface area contributed by atoms with Crippen molar-refractivity contribution in [2.75, 3.05) is 21.1 Å². The van der Waals surface area contributed by atoms with E-state index in [9.17, 15) is 27.6 Å². The minimum atomic E-state index is -3.55. The summed E-state index contributed by atoms with van der Waals surface area (Å²) in [6.07, 6.45) is 0. The lowest BCUT2D eigenvalue weighted by Gasteiger charge is -2.05. The highest BCUT2D eigenvalue weighted by molar-refractivity contribution is 7.90. The summed E-state index contributed by atoms with van der Waals surface area (Å²) in [5.74, 6) is -0.926. The van der Waals surface area contributed by atoms with E-state index in [-0.39, 0.29) is 48.3 Å². The van der Waals surface area contributed by atoms with Crippen LogP contribution < -0.4 is 5.32 Å². The summed E-state index contributed by atoms with van der Waals surface area (Å²) in [6, 6.07) is 13.0. The molecule has 4 amide bonds. The predicted molar refractivity (Wildman–Crippen MR) is 135 cm³/mol. The summed E-state index contributed by atoms with van der Waals surface area (Å²) >= 11 is 3.86. The Balaban J connectivity index is 0.000000488. The Hall–Kier alpha value is -3.18. The molecule has 1 N–H and O–H groups in total. The fourth-order valence-corrected chi connectivity index (χ4v) is 4.24. The average molecular weight is 510 g/mol. The third-order valence-corrected chi connectivity index (χ3v) is 6.70. The van der Waals surface area contributed by atoms with Gasteiger partial charge in [-0.3, -0.25) is 24.1 Å². The van der Waals surface area contributed by atoms with E-state index in [1.807, 2.05) is 0 Å². The van der Waals surface area contributed by atoms with E-state index in [4.69, 9.17) is 0 Å². The maximum atomic E-state index is 11.5. The molecule has 2 aromatic rings. The Morgan fingerprint density at radius 2 is 1.26 bits per heavy atom. The zero-order valence-corrected chi connectivity index (χ0v) is 19.6. The molecule has 186 valence electrons. The van der Waals surface area contributed by atoms with Gasteiger partial charge in [0.05, 0.1) is 21.9 Å². The van der Waals surface area contributed by atoms with Gasteiger partial charge in [-0.2, -0.15) is 12.6 Å². The number of carbonyl (C=O) groups excluding carboxylic acids is 4. The second kappa shape index (κ2) is 12.3. The number of sulfonamides is 1. The van der Waals surface area contributed by atoms with E-state index < -0.39 is 15.9 Å². The maximum Gasteiger partial charge on any atom is 0.268 e. The highest BCUT2D eigenvalue weighted by Crippen LogP contribution is 2.27. The molecule has 0 bridgehead atoms. The molecule has 11 heteroatoms. The van der Waals surface area contributed by atoms with Gasteiger partial charge in [-0.15, -0.1) is 0 Å². The van der Waals surface area contributed by atoms with E-state index in [1.165, 1.54) is 26.2 Å². The molecule has 9 nitrogen and oxygen atoms in total. The summed E-state index contributed by atoms with van der Waals surface area (Å²) in [4.78, 5) is 45.5. The van der Waals surface area contributed by atoms with Crippen LogP contribution in [0.15, 0.2) is 53.4 Å². The molecular weight excluding hydrogens is 478 g/mol. The lowest BCUT2D eigenvalue weighted by atomic mass is 10.1. The van der Waals surface area contributed by atoms with Crippen molar-refractivity contribution < 1.29 is 27.6 Å². The molecule has 34 heavy (non-hydrogen) atoms. The first-order chi connectivity index (χ1) is 14.9. The zero-order chi connectivity index (χ0) is 24.2. The molecule has 0 spiro atoms. The minimum Gasteiger partial charge on any atom is -0.358 e. The Kier molecular flexibility index (Phi) is 11.2. The monoisotopic (exact) mass is 509 g/mol. The molecule has 2 aromatic carbocycles. The highest BCUT2D eigenvalue weighted by Gasteiger charge is 2.37. The van der Waals surface area contributed by atoms with Crippen LogP contribution in [-0.2, 0) is 14.8 Å². The van der Waals surface area contributed by atoms with Gasteiger partial charge in [0, 0.05) is 21.1 Å². The van der Waals surface area contributed by atoms with Crippen LogP contribution >= 0.6 is 12.6 Å². The smallest absolute Gasteiger partial charge is 0.268 e.